The minimum atomic E-state index is -0.486. The normalized spacial score (nSPS) is 11.7. The van der Waals surface area contributed by atoms with E-state index < -0.39 is 6.04 Å². The van der Waals surface area contributed by atoms with Gasteiger partial charge in [-0.25, -0.2) is 4.98 Å². The number of H-pyrrole nitrogens is 1. The Morgan fingerprint density at radius 3 is 3.00 bits per heavy atom. The van der Waals surface area contributed by atoms with Gasteiger partial charge in [-0.3, -0.25) is 9.78 Å². The van der Waals surface area contributed by atoms with Gasteiger partial charge in [0.05, 0.1) is 6.07 Å². The van der Waals surface area contributed by atoms with Crippen LogP contribution in [0.5, 0.6) is 0 Å². The molecule has 0 aliphatic carbocycles. The summed E-state index contributed by atoms with van der Waals surface area (Å²) in [6.07, 6.45) is 4.81. The fourth-order valence-electron chi connectivity index (χ4n) is 2.01. The van der Waals surface area contributed by atoms with E-state index in [0.29, 0.717) is 23.6 Å². The summed E-state index contributed by atoms with van der Waals surface area (Å²) in [4.78, 5) is 23.6. The summed E-state index contributed by atoms with van der Waals surface area (Å²) in [6, 6.07) is 5.26. The van der Waals surface area contributed by atoms with Crippen molar-refractivity contribution in [1.29, 1.82) is 5.26 Å². The summed E-state index contributed by atoms with van der Waals surface area (Å²) < 4.78 is 0. The number of pyridine rings is 1. The molecular weight excluding hydrogens is 266 g/mol. The van der Waals surface area contributed by atoms with Crippen LogP contribution in [-0.4, -0.2) is 26.9 Å². The van der Waals surface area contributed by atoms with E-state index >= 15 is 0 Å². The molecule has 1 atom stereocenters. The van der Waals surface area contributed by atoms with Gasteiger partial charge >= 0.3 is 0 Å². The zero-order valence-corrected chi connectivity index (χ0v) is 12.1. The highest BCUT2D eigenvalue weighted by molar-refractivity contribution is 5.94. The van der Waals surface area contributed by atoms with Gasteiger partial charge in [-0.1, -0.05) is 13.3 Å². The molecule has 1 amide bonds. The first-order valence-corrected chi connectivity index (χ1v) is 6.83. The maximum absolute atomic E-state index is 12.2. The van der Waals surface area contributed by atoms with Crippen LogP contribution in [0.2, 0.25) is 0 Å². The number of nitriles is 1. The molecule has 0 aromatic carbocycles. The molecule has 0 fully saturated rings. The number of aromatic nitrogens is 3. The first-order valence-electron chi connectivity index (χ1n) is 6.83. The summed E-state index contributed by atoms with van der Waals surface area (Å²) in [5, 5.41) is 11.7. The number of nitrogens with zero attached hydrogens (tertiary/aromatic N) is 3. The number of aryl methyl sites for hydroxylation is 1. The van der Waals surface area contributed by atoms with Gasteiger partial charge in [-0.05, 0) is 25.5 Å². The molecule has 2 N–H and O–H groups in total. The Kier molecular flexibility index (Phi) is 4.67. The van der Waals surface area contributed by atoms with E-state index in [9.17, 15) is 4.79 Å². The molecule has 0 saturated heterocycles. The van der Waals surface area contributed by atoms with Crippen molar-refractivity contribution in [1.82, 2.24) is 20.3 Å². The number of aromatic amines is 1. The van der Waals surface area contributed by atoms with Gasteiger partial charge in [0.15, 0.2) is 0 Å². The topological polar surface area (TPSA) is 94.5 Å². The van der Waals surface area contributed by atoms with Crippen LogP contribution in [0.4, 0.5) is 0 Å². The lowest BCUT2D eigenvalue weighted by Gasteiger charge is -2.09. The molecule has 2 aromatic heterocycles. The molecule has 2 heterocycles. The third kappa shape index (κ3) is 3.45. The van der Waals surface area contributed by atoms with Crippen molar-refractivity contribution in [3.8, 4) is 17.5 Å². The molecule has 0 saturated carbocycles. The fourth-order valence-corrected chi connectivity index (χ4v) is 2.01. The second kappa shape index (κ2) is 6.66. The van der Waals surface area contributed by atoms with Crippen LogP contribution in [0.3, 0.4) is 0 Å². The van der Waals surface area contributed by atoms with Crippen molar-refractivity contribution in [2.45, 2.75) is 32.7 Å². The smallest absolute Gasteiger partial charge is 0.272 e. The lowest BCUT2D eigenvalue weighted by molar-refractivity contribution is 0.0939. The number of amides is 1. The highest BCUT2D eigenvalue weighted by Crippen LogP contribution is 2.16. The lowest BCUT2D eigenvalue weighted by atomic mass is 10.2. The summed E-state index contributed by atoms with van der Waals surface area (Å²) >= 11 is 0. The molecule has 1 unspecified atom stereocenters. The summed E-state index contributed by atoms with van der Waals surface area (Å²) in [6.45, 7) is 3.75. The number of carbonyl (C=O) groups is 1. The SMILES string of the molecule is CCCC(C#N)NC(=O)c1nc(-c2cccnc2)[nH]c1C. The van der Waals surface area contributed by atoms with E-state index in [4.69, 9.17) is 5.26 Å². The van der Waals surface area contributed by atoms with Crippen molar-refractivity contribution < 1.29 is 4.79 Å². The molecule has 2 rings (SSSR count). The number of carbonyl (C=O) groups excluding carboxylic acids is 1. The third-order valence-corrected chi connectivity index (χ3v) is 3.07. The van der Waals surface area contributed by atoms with Gasteiger partial charge < -0.3 is 10.3 Å². The van der Waals surface area contributed by atoms with Crippen LogP contribution in [0, 0.1) is 18.3 Å². The minimum Gasteiger partial charge on any atom is -0.341 e. The molecular formula is C15H17N5O. The second-order valence-corrected chi connectivity index (χ2v) is 4.74. The van der Waals surface area contributed by atoms with E-state index in [1.165, 1.54) is 0 Å². The van der Waals surface area contributed by atoms with E-state index in [2.05, 4.69) is 26.3 Å². The van der Waals surface area contributed by atoms with E-state index in [1.54, 1.807) is 25.4 Å². The molecule has 0 radical (unpaired) electrons. The largest absolute Gasteiger partial charge is 0.341 e. The number of imidazole rings is 1. The van der Waals surface area contributed by atoms with Crippen molar-refractivity contribution in [2.75, 3.05) is 0 Å². The van der Waals surface area contributed by atoms with E-state index in [1.807, 2.05) is 13.0 Å². The first-order chi connectivity index (χ1) is 10.2. The van der Waals surface area contributed by atoms with Crippen LogP contribution in [-0.2, 0) is 0 Å². The van der Waals surface area contributed by atoms with Crippen molar-refractivity contribution in [2.24, 2.45) is 0 Å². The average Bonchev–Trinajstić information content (AvgIpc) is 2.89. The van der Waals surface area contributed by atoms with E-state index in [-0.39, 0.29) is 5.91 Å². The highest BCUT2D eigenvalue weighted by Gasteiger charge is 2.18. The van der Waals surface area contributed by atoms with Crippen molar-refractivity contribution in [3.63, 3.8) is 0 Å². The molecule has 6 nitrogen and oxygen atoms in total. The molecule has 2 aromatic rings. The van der Waals surface area contributed by atoms with Crippen LogP contribution < -0.4 is 5.32 Å². The summed E-state index contributed by atoms with van der Waals surface area (Å²) in [5.41, 5.74) is 1.79. The Hall–Kier alpha value is -2.68. The van der Waals surface area contributed by atoms with Crippen LogP contribution >= 0.6 is 0 Å². The summed E-state index contributed by atoms with van der Waals surface area (Å²) in [7, 11) is 0. The number of hydrogen-bond donors (Lipinski definition) is 2. The maximum Gasteiger partial charge on any atom is 0.272 e. The quantitative estimate of drug-likeness (QED) is 0.879. The molecule has 0 aliphatic rings. The Bertz CT molecular complexity index is 656. The summed E-state index contributed by atoms with van der Waals surface area (Å²) in [5.74, 6) is 0.258. The monoisotopic (exact) mass is 283 g/mol. The van der Waals surface area contributed by atoms with E-state index in [0.717, 1.165) is 12.0 Å². The average molecular weight is 283 g/mol. The number of hydrogen-bond acceptors (Lipinski definition) is 4. The predicted molar refractivity (Wildman–Crippen MR) is 78.3 cm³/mol. The highest BCUT2D eigenvalue weighted by atomic mass is 16.2. The van der Waals surface area contributed by atoms with Crippen LogP contribution in [0.25, 0.3) is 11.4 Å². The maximum atomic E-state index is 12.2. The Labute approximate surface area is 123 Å². The Morgan fingerprint density at radius 2 is 2.38 bits per heavy atom. The van der Waals surface area contributed by atoms with Gasteiger partial charge in [0.1, 0.15) is 17.6 Å². The Balaban J connectivity index is 2.20. The van der Waals surface area contributed by atoms with Crippen molar-refractivity contribution in [3.05, 3.63) is 35.9 Å². The number of nitrogens with one attached hydrogen (secondary N) is 2. The van der Waals surface area contributed by atoms with Gasteiger partial charge in [0.2, 0.25) is 0 Å². The van der Waals surface area contributed by atoms with Crippen LogP contribution in [0.1, 0.15) is 35.9 Å². The minimum absolute atomic E-state index is 0.310. The standard InChI is InChI=1S/C15H17N5O/c1-3-5-12(8-16)19-15(21)13-10(2)18-14(20-13)11-6-4-7-17-9-11/h4,6-7,9,12H,3,5H2,1-2H3,(H,18,20)(H,19,21). The molecule has 0 spiro atoms. The van der Waals surface area contributed by atoms with Gasteiger partial charge in [0, 0.05) is 23.7 Å². The zero-order valence-electron chi connectivity index (χ0n) is 12.1. The van der Waals surface area contributed by atoms with Crippen molar-refractivity contribution >= 4 is 5.91 Å². The number of rotatable bonds is 5. The Morgan fingerprint density at radius 1 is 1.57 bits per heavy atom. The molecule has 108 valence electrons. The first kappa shape index (κ1) is 14.7. The van der Waals surface area contributed by atoms with Gasteiger partial charge in [0.25, 0.3) is 5.91 Å². The zero-order chi connectivity index (χ0) is 15.2. The predicted octanol–water partition coefficient (Wildman–Crippen LogP) is 2.20. The molecule has 0 bridgehead atoms. The lowest BCUT2D eigenvalue weighted by Crippen LogP contribution is -2.34. The second-order valence-electron chi connectivity index (χ2n) is 4.74. The molecule has 6 heteroatoms. The molecule has 21 heavy (non-hydrogen) atoms. The fraction of sp³-hybridized carbons (Fsp3) is 0.333. The molecule has 0 aliphatic heterocycles. The third-order valence-electron chi connectivity index (χ3n) is 3.07. The van der Waals surface area contributed by atoms with Gasteiger partial charge in [-0.2, -0.15) is 5.26 Å². The van der Waals surface area contributed by atoms with Gasteiger partial charge in [-0.15, -0.1) is 0 Å². The van der Waals surface area contributed by atoms with Crippen LogP contribution in [0.15, 0.2) is 24.5 Å².